The van der Waals surface area contributed by atoms with Crippen molar-refractivity contribution in [3.05, 3.63) is 59.7 Å². The fraction of sp³-hybridized carbons (Fsp3) is 0.133. The molecule has 0 aliphatic carbocycles. The smallest absolute Gasteiger partial charge is 0.362 e. The van der Waals surface area contributed by atoms with Crippen LogP contribution in [0.1, 0.15) is 15.9 Å². The van der Waals surface area contributed by atoms with Crippen molar-refractivity contribution in [1.29, 1.82) is 0 Å². The maximum Gasteiger partial charge on any atom is 0.446 e. The lowest BCUT2D eigenvalue weighted by Gasteiger charge is -2.04. The fourth-order valence-electron chi connectivity index (χ4n) is 1.77. The third-order valence-corrected chi connectivity index (χ3v) is 3.19. The number of ketones is 1. The second-order valence-electron chi connectivity index (χ2n) is 4.95. The predicted molar refractivity (Wildman–Crippen MR) is 86.7 cm³/mol. The minimum atomic E-state index is -4.59. The Morgan fingerprint density at radius 2 is 1.50 bits per heavy atom. The molecule has 0 aliphatic rings. The number of benzene rings is 2. The fourth-order valence-corrected chi connectivity index (χ4v) is 2.12. The largest absolute Gasteiger partial charge is 0.446 e. The zero-order valence-electron chi connectivity index (χ0n) is 12.9. The Balaban J connectivity index is 2.14. The molecule has 0 amide bonds. The molecule has 24 heavy (non-hydrogen) atoms. The van der Waals surface area contributed by atoms with Gasteiger partial charge in [-0.2, -0.15) is 8.42 Å². The Bertz CT molecular complexity index is 844. The van der Waals surface area contributed by atoms with Crippen LogP contribution in [-0.4, -0.2) is 37.9 Å². The van der Waals surface area contributed by atoms with Gasteiger partial charge in [-0.3, -0.25) is 14.4 Å². The summed E-state index contributed by atoms with van der Waals surface area (Å²) in [4.78, 5) is 12.3. The summed E-state index contributed by atoms with van der Waals surface area (Å²) in [5, 5.41) is 9.37. The normalized spacial score (nSPS) is 11.5. The molecule has 1 N–H and O–H groups in total. The Morgan fingerprint density at radius 3 is 1.96 bits per heavy atom. The van der Waals surface area contributed by atoms with Crippen LogP contribution in [0.3, 0.4) is 0 Å². The number of hydrogen-bond donors (Lipinski definition) is 1. The Hall–Kier alpha value is -2.78. The number of rotatable bonds is 6. The highest BCUT2D eigenvalue weighted by molar-refractivity contribution is 7.81. The molecule has 0 spiro atoms. The van der Waals surface area contributed by atoms with Crippen molar-refractivity contribution < 1.29 is 21.9 Å². The SMILES string of the molecule is CN(C)/N=N/c1ccc(C(=O)c2ccc(OS(=O)(=O)O)cc2)cc1. The van der Waals surface area contributed by atoms with Crippen LogP contribution in [0.2, 0.25) is 0 Å². The Morgan fingerprint density at radius 1 is 1.00 bits per heavy atom. The van der Waals surface area contributed by atoms with Gasteiger partial charge in [0.25, 0.3) is 0 Å². The molecule has 0 unspecified atom stereocenters. The first-order chi connectivity index (χ1) is 11.2. The summed E-state index contributed by atoms with van der Waals surface area (Å²) in [5.74, 6) is -0.335. The molecule has 2 rings (SSSR count). The van der Waals surface area contributed by atoms with Crippen molar-refractivity contribution in [3.63, 3.8) is 0 Å². The molecule has 0 radical (unpaired) electrons. The number of nitrogens with zero attached hydrogens (tertiary/aromatic N) is 3. The minimum Gasteiger partial charge on any atom is -0.362 e. The van der Waals surface area contributed by atoms with Crippen LogP contribution in [0.4, 0.5) is 5.69 Å². The van der Waals surface area contributed by atoms with Gasteiger partial charge in [0, 0.05) is 25.2 Å². The van der Waals surface area contributed by atoms with Gasteiger partial charge in [0.1, 0.15) is 5.75 Å². The van der Waals surface area contributed by atoms with E-state index < -0.39 is 10.4 Å². The zero-order chi connectivity index (χ0) is 17.7. The summed E-state index contributed by atoms with van der Waals surface area (Å²) >= 11 is 0. The minimum absolute atomic E-state index is 0.0894. The van der Waals surface area contributed by atoms with Gasteiger partial charge in [-0.05, 0) is 48.5 Å². The first-order valence-corrected chi connectivity index (χ1v) is 8.12. The van der Waals surface area contributed by atoms with E-state index in [-0.39, 0.29) is 11.5 Å². The van der Waals surface area contributed by atoms with Crippen molar-refractivity contribution in [2.75, 3.05) is 14.1 Å². The van der Waals surface area contributed by atoms with Gasteiger partial charge in [0.05, 0.1) is 5.69 Å². The predicted octanol–water partition coefficient (Wildman–Crippen LogP) is 2.66. The maximum atomic E-state index is 12.3. The van der Waals surface area contributed by atoms with Crippen molar-refractivity contribution in [1.82, 2.24) is 5.01 Å². The second kappa shape index (κ2) is 7.20. The molecule has 2 aromatic carbocycles. The lowest BCUT2D eigenvalue weighted by molar-refractivity contribution is 0.103. The monoisotopic (exact) mass is 349 g/mol. The van der Waals surface area contributed by atoms with Crippen molar-refractivity contribution in [2.45, 2.75) is 0 Å². The van der Waals surface area contributed by atoms with Gasteiger partial charge in [-0.1, -0.05) is 5.22 Å². The average Bonchev–Trinajstić information content (AvgIpc) is 2.52. The Labute approximate surface area is 139 Å². The molecule has 0 aromatic heterocycles. The zero-order valence-corrected chi connectivity index (χ0v) is 13.8. The summed E-state index contributed by atoms with van der Waals surface area (Å²) < 4.78 is 34.1. The highest BCUT2D eigenvalue weighted by atomic mass is 32.3. The van der Waals surface area contributed by atoms with Crippen molar-refractivity contribution in [2.24, 2.45) is 10.3 Å². The molecule has 126 valence electrons. The summed E-state index contributed by atoms with van der Waals surface area (Å²) in [6, 6.07) is 11.9. The summed E-state index contributed by atoms with van der Waals surface area (Å²) in [6.45, 7) is 0. The summed E-state index contributed by atoms with van der Waals surface area (Å²) in [7, 11) is -1.09. The van der Waals surface area contributed by atoms with E-state index >= 15 is 0 Å². The first kappa shape index (κ1) is 17.6. The van der Waals surface area contributed by atoms with Crippen LogP contribution in [0.5, 0.6) is 5.75 Å². The van der Waals surface area contributed by atoms with Crippen LogP contribution in [0.15, 0.2) is 58.9 Å². The maximum absolute atomic E-state index is 12.3. The quantitative estimate of drug-likeness (QED) is 0.372. The van der Waals surface area contributed by atoms with E-state index in [1.165, 1.54) is 24.3 Å². The molecule has 0 heterocycles. The number of carbonyl (C=O) groups is 1. The van der Waals surface area contributed by atoms with E-state index in [0.717, 1.165) is 0 Å². The average molecular weight is 349 g/mol. The second-order valence-corrected chi connectivity index (χ2v) is 5.97. The third kappa shape index (κ3) is 5.14. The highest BCUT2D eigenvalue weighted by Gasteiger charge is 2.11. The lowest BCUT2D eigenvalue weighted by Crippen LogP contribution is -2.07. The van der Waals surface area contributed by atoms with Crippen molar-refractivity contribution in [3.8, 4) is 5.75 Å². The molecule has 0 saturated carbocycles. The molecule has 0 saturated heterocycles. The van der Waals surface area contributed by atoms with Crippen LogP contribution in [0.25, 0.3) is 0 Å². The van der Waals surface area contributed by atoms with E-state index in [1.807, 2.05) is 0 Å². The van der Waals surface area contributed by atoms with Crippen LogP contribution < -0.4 is 4.18 Å². The number of carbonyl (C=O) groups excluding carboxylic acids is 1. The molecular formula is C15H15N3O5S. The van der Waals surface area contributed by atoms with E-state index in [2.05, 4.69) is 14.5 Å². The molecular weight excluding hydrogens is 334 g/mol. The van der Waals surface area contributed by atoms with Gasteiger partial charge in [-0.15, -0.1) is 5.11 Å². The molecule has 8 nitrogen and oxygen atoms in total. The lowest BCUT2D eigenvalue weighted by atomic mass is 10.0. The van der Waals surface area contributed by atoms with Gasteiger partial charge in [-0.25, -0.2) is 0 Å². The summed E-state index contributed by atoms with van der Waals surface area (Å²) in [5.41, 5.74) is 1.40. The summed E-state index contributed by atoms with van der Waals surface area (Å²) in [6.07, 6.45) is 0. The van der Waals surface area contributed by atoms with Gasteiger partial charge in [0.15, 0.2) is 5.78 Å². The van der Waals surface area contributed by atoms with E-state index in [9.17, 15) is 13.2 Å². The molecule has 2 aromatic rings. The van der Waals surface area contributed by atoms with Crippen LogP contribution in [-0.2, 0) is 10.4 Å². The van der Waals surface area contributed by atoms with Gasteiger partial charge < -0.3 is 4.18 Å². The molecule has 0 bridgehead atoms. The molecule has 0 atom stereocenters. The molecule has 9 heteroatoms. The third-order valence-electron chi connectivity index (χ3n) is 2.79. The van der Waals surface area contributed by atoms with Crippen LogP contribution in [0, 0.1) is 0 Å². The molecule has 0 aliphatic heterocycles. The van der Waals surface area contributed by atoms with E-state index in [1.54, 1.807) is 43.4 Å². The van der Waals surface area contributed by atoms with E-state index in [0.29, 0.717) is 16.8 Å². The topological polar surface area (TPSA) is 109 Å². The first-order valence-electron chi connectivity index (χ1n) is 6.75. The standard InChI is InChI=1S/C15H15N3O5S/c1-18(2)17-16-13-7-3-11(4-8-13)15(19)12-5-9-14(10-6-12)23-24(20,21)22/h3-10H,1-2H3,(H,20,21,22)/b17-16+. The molecule has 0 fully saturated rings. The number of hydrogen-bond acceptors (Lipinski definition) is 6. The Kier molecular flexibility index (Phi) is 5.27. The highest BCUT2D eigenvalue weighted by Crippen LogP contribution is 2.19. The van der Waals surface area contributed by atoms with E-state index in [4.69, 9.17) is 4.55 Å². The van der Waals surface area contributed by atoms with Gasteiger partial charge in [0.2, 0.25) is 0 Å². The van der Waals surface area contributed by atoms with Crippen LogP contribution >= 0.6 is 0 Å². The van der Waals surface area contributed by atoms with Crippen molar-refractivity contribution >= 4 is 21.9 Å². The van der Waals surface area contributed by atoms with Gasteiger partial charge >= 0.3 is 10.4 Å².